The quantitative estimate of drug-likeness (QED) is 0.0262. The molecule has 0 amide bonds. The van der Waals surface area contributed by atoms with Crippen LogP contribution in [0.4, 0.5) is 0 Å². The molecule has 6 nitrogen and oxygen atoms in total. The first-order valence-corrected chi connectivity index (χ1v) is 26.5. The molecule has 356 valence electrons. The van der Waals surface area contributed by atoms with E-state index in [-0.39, 0.29) is 31.1 Å². The second kappa shape index (κ2) is 50.3. The van der Waals surface area contributed by atoms with Crippen LogP contribution in [0.1, 0.15) is 278 Å². The number of esters is 3. The van der Waals surface area contributed by atoms with Gasteiger partial charge in [-0.25, -0.2) is 0 Å². The van der Waals surface area contributed by atoms with Crippen LogP contribution in [0, 0.1) is 0 Å². The minimum Gasteiger partial charge on any atom is -0.462 e. The Morgan fingerprint density at radius 2 is 0.639 bits per heavy atom. The Morgan fingerprint density at radius 1 is 0.344 bits per heavy atom. The van der Waals surface area contributed by atoms with Crippen molar-refractivity contribution in [2.75, 3.05) is 13.2 Å². The number of unbranched alkanes of at least 4 members (excludes halogenated alkanes) is 31. The van der Waals surface area contributed by atoms with E-state index in [4.69, 9.17) is 14.2 Å². The third kappa shape index (κ3) is 48.5. The summed E-state index contributed by atoms with van der Waals surface area (Å²) in [5, 5.41) is 0. The molecule has 1 atom stereocenters. The predicted octanol–water partition coefficient (Wildman–Crippen LogP) is 17.3. The molecule has 0 rings (SSSR count). The van der Waals surface area contributed by atoms with Crippen molar-refractivity contribution in [2.45, 2.75) is 284 Å². The standard InChI is InChI=1S/C55H100O6/c1-4-7-10-13-16-19-22-25-27-29-30-33-36-39-42-45-48-54(57)60-51-52(50-59-53(56)47-44-41-38-35-32-24-21-18-15-12-9-6-3)61-55(58)49-46-43-40-37-34-31-28-26-23-20-17-14-11-8-5-2/h9,12,18,20-21,23,52H,4-8,10-11,13-17,19,22,24-51H2,1-3H3/b12-9-,21-18-,23-20-. The van der Waals surface area contributed by atoms with Gasteiger partial charge in [0.1, 0.15) is 13.2 Å². The lowest BCUT2D eigenvalue weighted by Gasteiger charge is -2.18. The molecule has 6 heteroatoms. The van der Waals surface area contributed by atoms with Crippen molar-refractivity contribution in [3.63, 3.8) is 0 Å². The Hall–Kier alpha value is -2.37. The van der Waals surface area contributed by atoms with Crippen molar-refractivity contribution in [3.8, 4) is 0 Å². The highest BCUT2D eigenvalue weighted by atomic mass is 16.6. The lowest BCUT2D eigenvalue weighted by Crippen LogP contribution is -2.30. The molecular formula is C55H100O6. The Bertz CT molecular complexity index is 1030. The third-order valence-electron chi connectivity index (χ3n) is 11.6. The van der Waals surface area contributed by atoms with E-state index in [2.05, 4.69) is 57.2 Å². The van der Waals surface area contributed by atoms with E-state index in [1.165, 1.54) is 154 Å². The fraction of sp³-hybridized carbons (Fsp3) is 0.836. The number of carbonyl (C=O) groups excluding carboxylic acids is 3. The number of ether oxygens (including phenoxy) is 3. The zero-order valence-corrected chi connectivity index (χ0v) is 40.7. The molecule has 0 bridgehead atoms. The number of rotatable bonds is 48. The van der Waals surface area contributed by atoms with E-state index in [1.54, 1.807) is 0 Å². The van der Waals surface area contributed by atoms with Crippen molar-refractivity contribution >= 4 is 17.9 Å². The monoisotopic (exact) mass is 857 g/mol. The van der Waals surface area contributed by atoms with Crippen molar-refractivity contribution in [3.05, 3.63) is 36.5 Å². The summed E-state index contributed by atoms with van der Waals surface area (Å²) >= 11 is 0. The molecule has 0 heterocycles. The molecule has 1 unspecified atom stereocenters. The lowest BCUT2D eigenvalue weighted by molar-refractivity contribution is -0.167. The Labute approximate surface area is 378 Å². The van der Waals surface area contributed by atoms with Crippen LogP contribution in [0.15, 0.2) is 36.5 Å². The molecule has 0 aromatic heterocycles. The summed E-state index contributed by atoms with van der Waals surface area (Å²) in [6, 6.07) is 0. The van der Waals surface area contributed by atoms with E-state index in [0.29, 0.717) is 19.3 Å². The van der Waals surface area contributed by atoms with E-state index < -0.39 is 6.10 Å². The van der Waals surface area contributed by atoms with Gasteiger partial charge in [0.25, 0.3) is 0 Å². The third-order valence-corrected chi connectivity index (χ3v) is 11.6. The van der Waals surface area contributed by atoms with Crippen molar-refractivity contribution in [2.24, 2.45) is 0 Å². The van der Waals surface area contributed by atoms with Gasteiger partial charge >= 0.3 is 17.9 Å². The van der Waals surface area contributed by atoms with Gasteiger partial charge in [-0.2, -0.15) is 0 Å². The maximum Gasteiger partial charge on any atom is 0.306 e. The summed E-state index contributed by atoms with van der Waals surface area (Å²) in [6.07, 6.45) is 58.4. The first-order valence-electron chi connectivity index (χ1n) is 26.5. The van der Waals surface area contributed by atoms with Crippen molar-refractivity contribution < 1.29 is 28.6 Å². The topological polar surface area (TPSA) is 78.9 Å². The highest BCUT2D eigenvalue weighted by Gasteiger charge is 2.19. The van der Waals surface area contributed by atoms with Crippen LogP contribution in [0.25, 0.3) is 0 Å². The fourth-order valence-corrected chi connectivity index (χ4v) is 7.65. The molecule has 0 spiro atoms. The molecule has 0 aliphatic rings. The zero-order chi connectivity index (χ0) is 44.4. The molecule has 0 aromatic carbocycles. The molecular weight excluding hydrogens is 757 g/mol. The average Bonchev–Trinajstić information content (AvgIpc) is 3.26. The number of allylic oxidation sites excluding steroid dienone is 6. The highest BCUT2D eigenvalue weighted by Crippen LogP contribution is 2.16. The average molecular weight is 857 g/mol. The van der Waals surface area contributed by atoms with Gasteiger partial charge in [-0.1, -0.05) is 224 Å². The molecule has 61 heavy (non-hydrogen) atoms. The summed E-state index contributed by atoms with van der Waals surface area (Å²) in [5.41, 5.74) is 0. The van der Waals surface area contributed by atoms with Gasteiger partial charge in [0.15, 0.2) is 6.10 Å². The summed E-state index contributed by atoms with van der Waals surface area (Å²) in [6.45, 7) is 6.53. The fourth-order valence-electron chi connectivity index (χ4n) is 7.65. The Balaban J connectivity index is 4.35. The summed E-state index contributed by atoms with van der Waals surface area (Å²) in [7, 11) is 0. The molecule has 0 fully saturated rings. The number of hydrogen-bond donors (Lipinski definition) is 0. The van der Waals surface area contributed by atoms with Crippen LogP contribution >= 0.6 is 0 Å². The first kappa shape index (κ1) is 58.6. The highest BCUT2D eigenvalue weighted by molar-refractivity contribution is 5.71. The van der Waals surface area contributed by atoms with Crippen LogP contribution in [0.5, 0.6) is 0 Å². The molecule has 0 aromatic rings. The largest absolute Gasteiger partial charge is 0.462 e. The van der Waals surface area contributed by atoms with Gasteiger partial charge in [-0.05, 0) is 70.6 Å². The van der Waals surface area contributed by atoms with E-state index in [1.807, 2.05) is 0 Å². The van der Waals surface area contributed by atoms with Crippen molar-refractivity contribution in [1.82, 2.24) is 0 Å². The molecule has 0 aliphatic carbocycles. The maximum absolute atomic E-state index is 12.8. The number of hydrogen-bond acceptors (Lipinski definition) is 6. The van der Waals surface area contributed by atoms with Gasteiger partial charge in [0.2, 0.25) is 0 Å². The molecule has 0 N–H and O–H groups in total. The number of carbonyl (C=O) groups is 3. The van der Waals surface area contributed by atoms with Gasteiger partial charge in [0.05, 0.1) is 0 Å². The van der Waals surface area contributed by atoms with Crippen LogP contribution < -0.4 is 0 Å². The Morgan fingerprint density at radius 3 is 1.02 bits per heavy atom. The maximum atomic E-state index is 12.8. The van der Waals surface area contributed by atoms with Gasteiger partial charge in [-0.3, -0.25) is 14.4 Å². The first-order chi connectivity index (χ1) is 30.0. The molecule has 0 radical (unpaired) electrons. The van der Waals surface area contributed by atoms with Crippen LogP contribution in [0.2, 0.25) is 0 Å². The smallest absolute Gasteiger partial charge is 0.306 e. The van der Waals surface area contributed by atoms with Crippen molar-refractivity contribution in [1.29, 1.82) is 0 Å². The normalized spacial score (nSPS) is 12.2. The van der Waals surface area contributed by atoms with Crippen LogP contribution in [-0.4, -0.2) is 37.2 Å². The second-order valence-electron chi connectivity index (χ2n) is 17.8. The van der Waals surface area contributed by atoms with E-state index >= 15 is 0 Å². The molecule has 0 saturated carbocycles. The lowest BCUT2D eigenvalue weighted by atomic mass is 10.0. The molecule has 0 aliphatic heterocycles. The summed E-state index contributed by atoms with van der Waals surface area (Å²) < 4.78 is 16.8. The van der Waals surface area contributed by atoms with Gasteiger partial charge in [-0.15, -0.1) is 0 Å². The summed E-state index contributed by atoms with van der Waals surface area (Å²) in [4.78, 5) is 38.0. The van der Waals surface area contributed by atoms with Gasteiger partial charge in [0, 0.05) is 19.3 Å². The van der Waals surface area contributed by atoms with Gasteiger partial charge < -0.3 is 14.2 Å². The minimum atomic E-state index is -0.776. The van der Waals surface area contributed by atoms with E-state index in [9.17, 15) is 14.4 Å². The van der Waals surface area contributed by atoms with Crippen LogP contribution in [-0.2, 0) is 28.6 Å². The predicted molar refractivity (Wildman–Crippen MR) is 261 cm³/mol. The summed E-state index contributed by atoms with van der Waals surface area (Å²) in [5.74, 6) is -0.884. The van der Waals surface area contributed by atoms with Crippen LogP contribution in [0.3, 0.4) is 0 Å². The second-order valence-corrected chi connectivity index (χ2v) is 17.8. The SMILES string of the molecule is CC/C=C\C/C=C\CCCCCCCC(=O)OCC(COC(=O)CCCCCCCCCCCCCCCCCC)OC(=O)CCCCCCCCC/C=C\CCCCCC. The Kier molecular flexibility index (Phi) is 48.3. The molecule has 0 saturated heterocycles. The zero-order valence-electron chi connectivity index (χ0n) is 40.7. The minimum absolute atomic E-state index is 0.0753. The van der Waals surface area contributed by atoms with E-state index in [0.717, 1.165) is 83.5 Å².